The van der Waals surface area contributed by atoms with Crippen molar-refractivity contribution < 1.29 is 9.53 Å². The average molecular weight is 194 g/mol. The van der Waals surface area contributed by atoms with Crippen LogP contribution < -0.4 is 0 Å². The Labute approximate surface area is 85.6 Å². The average Bonchev–Trinajstić information content (AvgIpc) is 1.99. The molecule has 14 heavy (non-hydrogen) atoms. The van der Waals surface area contributed by atoms with E-state index < -0.39 is 0 Å². The van der Waals surface area contributed by atoms with Crippen LogP contribution in [0.4, 0.5) is 0 Å². The van der Waals surface area contributed by atoms with Crippen LogP contribution in [0.5, 0.6) is 0 Å². The molecule has 2 heteroatoms. The molecular weight excluding hydrogens is 176 g/mol. The quantitative estimate of drug-likeness (QED) is 0.474. The first-order valence-corrected chi connectivity index (χ1v) is 5.08. The summed E-state index contributed by atoms with van der Waals surface area (Å²) in [6, 6.07) is 0. The van der Waals surface area contributed by atoms with Gasteiger partial charge in [-0.2, -0.15) is 0 Å². The Morgan fingerprint density at radius 3 is 2.79 bits per heavy atom. The van der Waals surface area contributed by atoms with E-state index in [1.165, 1.54) is 18.1 Å². The van der Waals surface area contributed by atoms with Gasteiger partial charge in [-0.05, 0) is 32.8 Å². The fourth-order valence-electron chi connectivity index (χ4n) is 1.70. The minimum atomic E-state index is -0.201. The highest BCUT2D eigenvalue weighted by Gasteiger charge is 2.11. The Morgan fingerprint density at radius 1 is 1.43 bits per heavy atom. The third-order valence-corrected chi connectivity index (χ3v) is 2.34. The Kier molecular flexibility index (Phi) is 3.93. The van der Waals surface area contributed by atoms with Crippen molar-refractivity contribution >= 4 is 5.97 Å². The van der Waals surface area contributed by atoms with Crippen LogP contribution in [0.2, 0.25) is 0 Å². The first-order chi connectivity index (χ1) is 6.58. The first kappa shape index (κ1) is 11.0. The standard InChI is InChI=1S/C12H18O2/c1-9-5-4-6-10(2)8-12(7-9)14-11(3)13/h5,8,12H,4,6-7H2,1-3H3. The van der Waals surface area contributed by atoms with Crippen molar-refractivity contribution in [2.75, 3.05) is 0 Å². The molecule has 0 spiro atoms. The molecule has 0 aromatic heterocycles. The van der Waals surface area contributed by atoms with Crippen LogP contribution in [0.3, 0.4) is 0 Å². The molecule has 0 saturated heterocycles. The predicted molar refractivity (Wildman–Crippen MR) is 56.9 cm³/mol. The second kappa shape index (κ2) is 4.99. The van der Waals surface area contributed by atoms with Crippen molar-refractivity contribution in [1.82, 2.24) is 0 Å². The topological polar surface area (TPSA) is 26.3 Å². The number of allylic oxidation sites excluding steroid dienone is 2. The van der Waals surface area contributed by atoms with Crippen molar-refractivity contribution in [3.8, 4) is 0 Å². The summed E-state index contributed by atoms with van der Waals surface area (Å²) in [6.45, 7) is 5.64. The molecule has 78 valence electrons. The summed E-state index contributed by atoms with van der Waals surface area (Å²) in [6.07, 6.45) is 7.22. The number of hydrogen-bond acceptors (Lipinski definition) is 2. The highest BCUT2D eigenvalue weighted by molar-refractivity contribution is 5.66. The van der Waals surface area contributed by atoms with Gasteiger partial charge in [-0.25, -0.2) is 0 Å². The largest absolute Gasteiger partial charge is 0.458 e. The monoisotopic (exact) mass is 194 g/mol. The summed E-state index contributed by atoms with van der Waals surface area (Å²) in [5, 5.41) is 0. The first-order valence-electron chi connectivity index (χ1n) is 5.08. The molecule has 0 aliphatic heterocycles. The highest BCUT2D eigenvalue weighted by atomic mass is 16.5. The summed E-state index contributed by atoms with van der Waals surface area (Å²) < 4.78 is 5.21. The SMILES string of the molecule is CC(=O)OC1C=C(C)CCC=C(C)C1. The predicted octanol–water partition coefficient (Wildman–Crippen LogP) is 2.99. The molecular formula is C12H18O2. The Balaban J connectivity index is 2.68. The van der Waals surface area contributed by atoms with Gasteiger partial charge in [-0.1, -0.05) is 17.2 Å². The van der Waals surface area contributed by atoms with Crippen LogP contribution in [0.25, 0.3) is 0 Å². The number of rotatable bonds is 1. The maximum absolute atomic E-state index is 10.9. The molecule has 0 aromatic carbocycles. The maximum Gasteiger partial charge on any atom is 0.303 e. The lowest BCUT2D eigenvalue weighted by atomic mass is 10.00. The van der Waals surface area contributed by atoms with E-state index in [1.54, 1.807) is 0 Å². The van der Waals surface area contributed by atoms with Crippen LogP contribution in [0, 0.1) is 0 Å². The van der Waals surface area contributed by atoms with Gasteiger partial charge in [0.2, 0.25) is 0 Å². The third kappa shape index (κ3) is 3.77. The summed E-state index contributed by atoms with van der Waals surface area (Å²) in [4.78, 5) is 10.9. The van der Waals surface area contributed by atoms with Crippen molar-refractivity contribution in [1.29, 1.82) is 0 Å². The smallest absolute Gasteiger partial charge is 0.303 e. The lowest BCUT2D eigenvalue weighted by Gasteiger charge is -2.17. The molecule has 0 N–H and O–H groups in total. The van der Waals surface area contributed by atoms with Crippen molar-refractivity contribution in [3.05, 3.63) is 23.3 Å². The van der Waals surface area contributed by atoms with Gasteiger partial charge in [0, 0.05) is 13.3 Å². The van der Waals surface area contributed by atoms with Crippen molar-refractivity contribution in [2.24, 2.45) is 0 Å². The molecule has 0 radical (unpaired) electrons. The molecule has 0 heterocycles. The summed E-state index contributed by atoms with van der Waals surface area (Å²) in [7, 11) is 0. The summed E-state index contributed by atoms with van der Waals surface area (Å²) in [5.41, 5.74) is 2.61. The molecule has 2 nitrogen and oxygen atoms in total. The number of carbonyl (C=O) groups is 1. The second-order valence-electron chi connectivity index (χ2n) is 3.95. The van der Waals surface area contributed by atoms with E-state index in [4.69, 9.17) is 4.74 Å². The zero-order chi connectivity index (χ0) is 10.6. The van der Waals surface area contributed by atoms with Crippen LogP contribution in [-0.4, -0.2) is 12.1 Å². The minimum absolute atomic E-state index is 0.0657. The molecule has 1 rings (SSSR count). The van der Waals surface area contributed by atoms with Crippen molar-refractivity contribution in [2.45, 2.75) is 46.1 Å². The Hall–Kier alpha value is -1.05. The second-order valence-corrected chi connectivity index (χ2v) is 3.95. The molecule has 1 aliphatic rings. The molecule has 1 atom stereocenters. The summed E-state index contributed by atoms with van der Waals surface area (Å²) in [5.74, 6) is -0.201. The Bertz CT molecular complexity index is 274. The summed E-state index contributed by atoms with van der Waals surface area (Å²) >= 11 is 0. The van der Waals surface area contributed by atoms with E-state index in [9.17, 15) is 4.79 Å². The lowest BCUT2D eigenvalue weighted by Crippen LogP contribution is -2.15. The normalized spacial score (nSPS) is 22.9. The third-order valence-electron chi connectivity index (χ3n) is 2.34. The number of hydrogen-bond donors (Lipinski definition) is 0. The molecule has 0 aromatic rings. The van der Waals surface area contributed by atoms with E-state index >= 15 is 0 Å². The van der Waals surface area contributed by atoms with Crippen LogP contribution in [-0.2, 0) is 9.53 Å². The fraction of sp³-hybridized carbons (Fsp3) is 0.583. The molecule has 1 unspecified atom stereocenters. The fourth-order valence-corrected chi connectivity index (χ4v) is 1.70. The maximum atomic E-state index is 10.9. The highest BCUT2D eigenvalue weighted by Crippen LogP contribution is 2.18. The van der Waals surface area contributed by atoms with E-state index in [2.05, 4.69) is 26.0 Å². The number of esters is 1. The van der Waals surface area contributed by atoms with E-state index in [-0.39, 0.29) is 12.1 Å². The molecule has 0 saturated carbocycles. The molecule has 0 bridgehead atoms. The van der Waals surface area contributed by atoms with E-state index in [0.717, 1.165) is 19.3 Å². The van der Waals surface area contributed by atoms with Crippen LogP contribution in [0.1, 0.15) is 40.0 Å². The van der Waals surface area contributed by atoms with Gasteiger partial charge in [0.1, 0.15) is 6.10 Å². The number of carbonyl (C=O) groups excluding carboxylic acids is 1. The van der Waals surface area contributed by atoms with Gasteiger partial charge < -0.3 is 4.74 Å². The van der Waals surface area contributed by atoms with E-state index in [0.29, 0.717) is 0 Å². The van der Waals surface area contributed by atoms with Crippen molar-refractivity contribution in [3.63, 3.8) is 0 Å². The van der Waals surface area contributed by atoms with Gasteiger partial charge in [0.15, 0.2) is 0 Å². The Morgan fingerprint density at radius 2 is 2.14 bits per heavy atom. The van der Waals surface area contributed by atoms with Gasteiger partial charge in [0.05, 0.1) is 0 Å². The zero-order valence-corrected chi connectivity index (χ0v) is 9.17. The number of ether oxygens (including phenoxy) is 1. The van der Waals surface area contributed by atoms with E-state index in [1.807, 2.05) is 0 Å². The molecule has 0 fully saturated rings. The lowest BCUT2D eigenvalue weighted by molar-refractivity contribution is -0.144. The molecule has 0 amide bonds. The van der Waals surface area contributed by atoms with Gasteiger partial charge in [0.25, 0.3) is 0 Å². The van der Waals surface area contributed by atoms with Gasteiger partial charge in [-0.15, -0.1) is 0 Å². The van der Waals surface area contributed by atoms with Crippen LogP contribution >= 0.6 is 0 Å². The van der Waals surface area contributed by atoms with Gasteiger partial charge in [-0.3, -0.25) is 4.79 Å². The zero-order valence-electron chi connectivity index (χ0n) is 9.17. The van der Waals surface area contributed by atoms with Crippen LogP contribution in [0.15, 0.2) is 23.3 Å². The molecule has 1 aliphatic carbocycles. The minimum Gasteiger partial charge on any atom is -0.458 e. The van der Waals surface area contributed by atoms with Gasteiger partial charge >= 0.3 is 5.97 Å².